The number of rotatable bonds is 4. The molecule has 1 aromatic heterocycles. The molecule has 0 amide bonds. The first-order chi connectivity index (χ1) is 9.15. The van der Waals surface area contributed by atoms with E-state index in [0.717, 1.165) is 13.3 Å². The fraction of sp³-hybridized carbons (Fsp3) is 0.400. The van der Waals surface area contributed by atoms with E-state index >= 15 is 0 Å². The van der Waals surface area contributed by atoms with E-state index in [-0.39, 0.29) is 5.56 Å². The summed E-state index contributed by atoms with van der Waals surface area (Å²) in [6.45, 7) is 0. The van der Waals surface area contributed by atoms with Crippen LogP contribution in [0.4, 0.5) is 22.0 Å². The summed E-state index contributed by atoms with van der Waals surface area (Å²) < 4.78 is 69.5. The zero-order valence-electron chi connectivity index (χ0n) is 9.80. The summed E-state index contributed by atoms with van der Waals surface area (Å²) >= 11 is 1.26. The van der Waals surface area contributed by atoms with Crippen molar-refractivity contribution in [2.45, 2.75) is 19.2 Å². The monoisotopic (exact) mass is 411 g/mol. The van der Waals surface area contributed by atoms with E-state index in [9.17, 15) is 26.7 Å². The smallest absolute Gasteiger partial charge is 0.469 e. The van der Waals surface area contributed by atoms with Gasteiger partial charge >= 0.3 is 12.3 Å². The fourth-order valence-corrected chi connectivity index (χ4v) is 2.14. The van der Waals surface area contributed by atoms with Crippen LogP contribution in [0.15, 0.2) is 6.20 Å². The molecule has 1 aromatic rings. The van der Waals surface area contributed by atoms with Crippen molar-refractivity contribution >= 4 is 28.6 Å². The molecule has 0 bridgehead atoms. The first-order valence-corrected chi connectivity index (χ1v) is 6.01. The topological polar surface area (TPSA) is 48.4 Å². The van der Waals surface area contributed by atoms with Crippen molar-refractivity contribution in [3.05, 3.63) is 20.9 Å². The van der Waals surface area contributed by atoms with Crippen LogP contribution in [-0.4, -0.2) is 24.4 Å². The van der Waals surface area contributed by atoms with Gasteiger partial charge in [-0.05, 0) is 28.2 Å². The number of ether oxygens (including phenoxy) is 2. The number of hydrogen-bond acceptors (Lipinski definition) is 4. The predicted molar refractivity (Wildman–Crippen MR) is 64.3 cm³/mol. The fourth-order valence-electron chi connectivity index (χ4n) is 1.30. The van der Waals surface area contributed by atoms with Gasteiger partial charge in [0.1, 0.15) is 0 Å². The standard InChI is InChI=1S/C10H7F5INO3/c1-19-5(18)2-4-3-17-9(20-10(13,14)15)7(16)6(4)8(11)12/h3,8H,2H2,1H3. The van der Waals surface area contributed by atoms with Gasteiger partial charge in [-0.15, -0.1) is 13.2 Å². The third-order valence-corrected chi connectivity index (χ3v) is 3.14. The Morgan fingerprint density at radius 3 is 2.50 bits per heavy atom. The number of carbonyl (C=O) groups is 1. The highest BCUT2D eigenvalue weighted by Gasteiger charge is 2.34. The van der Waals surface area contributed by atoms with Crippen LogP contribution in [0.2, 0.25) is 0 Å². The largest absolute Gasteiger partial charge is 0.574 e. The van der Waals surface area contributed by atoms with Crippen molar-refractivity contribution in [1.29, 1.82) is 0 Å². The minimum atomic E-state index is -5.05. The van der Waals surface area contributed by atoms with Gasteiger partial charge in [-0.25, -0.2) is 13.8 Å². The Hall–Kier alpha value is -1.20. The van der Waals surface area contributed by atoms with E-state index in [1.165, 1.54) is 22.6 Å². The third kappa shape index (κ3) is 4.42. The molecular weight excluding hydrogens is 404 g/mol. The molecule has 0 aliphatic carbocycles. The number of alkyl halides is 5. The molecule has 1 heterocycles. The lowest BCUT2D eigenvalue weighted by Crippen LogP contribution is -2.20. The van der Waals surface area contributed by atoms with Crippen LogP contribution in [0.25, 0.3) is 0 Å². The highest BCUT2D eigenvalue weighted by molar-refractivity contribution is 14.1. The van der Waals surface area contributed by atoms with Gasteiger partial charge in [-0.3, -0.25) is 4.79 Å². The van der Waals surface area contributed by atoms with E-state index < -0.39 is 40.2 Å². The Balaban J connectivity index is 3.23. The van der Waals surface area contributed by atoms with Crippen molar-refractivity contribution in [3.8, 4) is 5.88 Å². The lowest BCUT2D eigenvalue weighted by atomic mass is 10.1. The Morgan fingerprint density at radius 1 is 1.45 bits per heavy atom. The molecule has 0 saturated carbocycles. The van der Waals surface area contributed by atoms with Crippen molar-refractivity contribution in [1.82, 2.24) is 4.98 Å². The first-order valence-electron chi connectivity index (χ1n) is 4.93. The number of esters is 1. The molecule has 0 fully saturated rings. The molecule has 20 heavy (non-hydrogen) atoms. The van der Waals surface area contributed by atoms with Gasteiger partial charge in [0, 0.05) is 11.8 Å². The van der Waals surface area contributed by atoms with Gasteiger partial charge in [0.05, 0.1) is 17.1 Å². The Bertz CT molecular complexity index is 506. The number of carbonyl (C=O) groups excluding carboxylic acids is 1. The number of aromatic nitrogens is 1. The number of halogens is 6. The maximum Gasteiger partial charge on any atom is 0.574 e. The second kappa shape index (κ2) is 6.50. The van der Waals surface area contributed by atoms with Gasteiger partial charge in [0.25, 0.3) is 6.43 Å². The lowest BCUT2D eigenvalue weighted by Gasteiger charge is -2.14. The lowest BCUT2D eigenvalue weighted by molar-refractivity contribution is -0.276. The highest BCUT2D eigenvalue weighted by Crippen LogP contribution is 2.35. The molecule has 10 heteroatoms. The Labute approximate surface area is 123 Å². The van der Waals surface area contributed by atoms with Gasteiger partial charge in [0.15, 0.2) is 0 Å². The van der Waals surface area contributed by atoms with E-state index in [0.29, 0.717) is 0 Å². The normalized spacial score (nSPS) is 11.6. The van der Waals surface area contributed by atoms with Crippen LogP contribution in [0, 0.1) is 3.57 Å². The zero-order valence-corrected chi connectivity index (χ0v) is 12.0. The van der Waals surface area contributed by atoms with Gasteiger partial charge < -0.3 is 9.47 Å². The van der Waals surface area contributed by atoms with Crippen LogP contribution < -0.4 is 4.74 Å². The van der Waals surface area contributed by atoms with E-state index in [1.807, 2.05) is 0 Å². The van der Waals surface area contributed by atoms with E-state index in [4.69, 9.17) is 0 Å². The molecule has 0 saturated heterocycles. The summed E-state index contributed by atoms with van der Waals surface area (Å²) in [7, 11) is 1.06. The molecular formula is C10H7F5INO3. The average molecular weight is 411 g/mol. The summed E-state index contributed by atoms with van der Waals surface area (Å²) in [5.41, 5.74) is -0.948. The van der Waals surface area contributed by atoms with Crippen LogP contribution in [0.1, 0.15) is 17.6 Å². The number of nitrogens with zero attached hydrogens (tertiary/aromatic N) is 1. The van der Waals surface area contributed by atoms with E-state index in [2.05, 4.69) is 14.5 Å². The van der Waals surface area contributed by atoms with Crippen molar-refractivity contribution in [3.63, 3.8) is 0 Å². The minimum Gasteiger partial charge on any atom is -0.469 e. The quantitative estimate of drug-likeness (QED) is 0.434. The maximum atomic E-state index is 12.9. The molecule has 0 aliphatic rings. The first kappa shape index (κ1) is 16.9. The highest BCUT2D eigenvalue weighted by atomic mass is 127. The third-order valence-electron chi connectivity index (χ3n) is 2.10. The summed E-state index contributed by atoms with van der Waals surface area (Å²) in [5.74, 6) is -1.80. The van der Waals surface area contributed by atoms with Crippen LogP contribution in [0.3, 0.4) is 0 Å². The summed E-state index contributed by atoms with van der Waals surface area (Å²) in [6, 6.07) is 0. The molecule has 0 aliphatic heterocycles. The van der Waals surface area contributed by atoms with Crippen LogP contribution >= 0.6 is 22.6 Å². The second-order valence-electron chi connectivity index (χ2n) is 3.42. The summed E-state index contributed by atoms with van der Waals surface area (Å²) in [5, 5.41) is 0. The van der Waals surface area contributed by atoms with Crippen molar-refractivity contribution in [2.75, 3.05) is 7.11 Å². The van der Waals surface area contributed by atoms with Crippen molar-refractivity contribution < 1.29 is 36.2 Å². The molecule has 0 N–H and O–H groups in total. The van der Waals surface area contributed by atoms with Crippen LogP contribution in [0.5, 0.6) is 5.88 Å². The SMILES string of the molecule is COC(=O)Cc1cnc(OC(F)(F)F)c(I)c1C(F)F. The molecule has 0 unspecified atom stereocenters. The number of methoxy groups -OCH3 is 1. The molecule has 0 aromatic carbocycles. The summed E-state index contributed by atoms with van der Waals surface area (Å²) in [4.78, 5) is 14.4. The van der Waals surface area contributed by atoms with Gasteiger partial charge in [-0.1, -0.05) is 0 Å². The average Bonchev–Trinajstić information content (AvgIpc) is 2.30. The number of hydrogen-bond donors (Lipinski definition) is 0. The predicted octanol–water partition coefficient (Wildman–Crippen LogP) is 3.24. The van der Waals surface area contributed by atoms with Crippen LogP contribution in [-0.2, 0) is 16.0 Å². The molecule has 1 rings (SSSR count). The maximum absolute atomic E-state index is 12.9. The molecule has 4 nitrogen and oxygen atoms in total. The Kier molecular flexibility index (Phi) is 5.48. The zero-order chi connectivity index (χ0) is 15.5. The second-order valence-corrected chi connectivity index (χ2v) is 4.50. The van der Waals surface area contributed by atoms with Gasteiger partial charge in [-0.2, -0.15) is 0 Å². The molecule has 0 atom stereocenters. The number of pyridine rings is 1. The molecule has 0 radical (unpaired) electrons. The Morgan fingerprint density at radius 2 is 2.05 bits per heavy atom. The van der Waals surface area contributed by atoms with Crippen molar-refractivity contribution in [2.24, 2.45) is 0 Å². The summed E-state index contributed by atoms with van der Waals surface area (Å²) in [6.07, 6.45) is -7.91. The van der Waals surface area contributed by atoms with E-state index in [1.54, 1.807) is 0 Å². The molecule has 112 valence electrons. The minimum absolute atomic E-state index is 0.217. The van der Waals surface area contributed by atoms with Gasteiger partial charge in [0.2, 0.25) is 5.88 Å². The molecule has 0 spiro atoms.